The van der Waals surface area contributed by atoms with Crippen LogP contribution in [0.15, 0.2) is 41.3 Å². The molecular formula is C22H27N3O5S. The van der Waals surface area contributed by atoms with Gasteiger partial charge in [-0.1, -0.05) is 12.8 Å². The Balaban J connectivity index is 1.90. The van der Waals surface area contributed by atoms with Crippen LogP contribution in [0.5, 0.6) is 5.75 Å². The number of benzene rings is 2. The summed E-state index contributed by atoms with van der Waals surface area (Å²) < 4.78 is 33.3. The number of ether oxygens (including phenoxy) is 1. The lowest BCUT2D eigenvalue weighted by Crippen LogP contribution is -2.32. The quantitative estimate of drug-likeness (QED) is 0.709. The van der Waals surface area contributed by atoms with E-state index in [1.54, 1.807) is 19.1 Å². The van der Waals surface area contributed by atoms with E-state index in [1.807, 2.05) is 0 Å². The molecule has 0 saturated carbocycles. The molecule has 0 radical (unpaired) electrons. The summed E-state index contributed by atoms with van der Waals surface area (Å²) in [4.78, 5) is 24.2. The summed E-state index contributed by atoms with van der Waals surface area (Å²) in [7, 11) is -2.40. The van der Waals surface area contributed by atoms with Crippen molar-refractivity contribution in [3.05, 3.63) is 53.1 Å². The van der Waals surface area contributed by atoms with Gasteiger partial charge in [0.15, 0.2) is 0 Å². The average molecular weight is 446 g/mol. The van der Waals surface area contributed by atoms with Crippen LogP contribution in [-0.2, 0) is 10.0 Å². The molecule has 0 atom stereocenters. The van der Waals surface area contributed by atoms with Crippen LogP contribution in [-0.4, -0.2) is 44.7 Å². The molecule has 1 heterocycles. The van der Waals surface area contributed by atoms with E-state index in [2.05, 4.69) is 5.32 Å². The van der Waals surface area contributed by atoms with E-state index in [9.17, 15) is 18.0 Å². The molecule has 31 heavy (non-hydrogen) atoms. The maximum absolute atomic E-state index is 13.3. The van der Waals surface area contributed by atoms with E-state index in [0.717, 1.165) is 25.7 Å². The van der Waals surface area contributed by atoms with E-state index in [1.165, 1.54) is 35.7 Å². The Morgan fingerprint density at radius 2 is 1.71 bits per heavy atom. The number of nitrogens with zero attached hydrogens (tertiary/aromatic N) is 1. The Hall–Kier alpha value is -2.91. The summed E-state index contributed by atoms with van der Waals surface area (Å²) in [5, 5.41) is 2.73. The highest BCUT2D eigenvalue weighted by Gasteiger charge is 2.29. The van der Waals surface area contributed by atoms with Gasteiger partial charge in [-0.3, -0.25) is 9.59 Å². The molecule has 1 fully saturated rings. The molecule has 0 unspecified atom stereocenters. The van der Waals surface area contributed by atoms with Gasteiger partial charge in [0, 0.05) is 29.9 Å². The van der Waals surface area contributed by atoms with Gasteiger partial charge < -0.3 is 15.8 Å². The molecule has 8 nitrogen and oxygen atoms in total. The molecule has 0 aliphatic carbocycles. The number of nitrogens with two attached hydrogens (primary N) is 1. The smallest absolute Gasteiger partial charge is 0.255 e. The van der Waals surface area contributed by atoms with Gasteiger partial charge in [0.2, 0.25) is 15.9 Å². The lowest BCUT2D eigenvalue weighted by Gasteiger charge is -2.21. The average Bonchev–Trinajstić information content (AvgIpc) is 3.03. The number of anilines is 1. The molecule has 0 spiro atoms. The Labute approximate surface area is 182 Å². The Morgan fingerprint density at radius 1 is 1.03 bits per heavy atom. The lowest BCUT2D eigenvalue weighted by atomic mass is 10.1. The van der Waals surface area contributed by atoms with Crippen molar-refractivity contribution in [3.63, 3.8) is 0 Å². The van der Waals surface area contributed by atoms with Crippen molar-refractivity contribution < 1.29 is 22.7 Å². The first-order valence-electron chi connectivity index (χ1n) is 10.1. The number of methoxy groups -OCH3 is 1. The SMILES string of the molecule is COc1ccc(C(=O)Nc2ccc(C(N)=O)c(C)c2)cc1S(=O)(=O)N1CCCCCC1. The summed E-state index contributed by atoms with van der Waals surface area (Å²) >= 11 is 0. The van der Waals surface area contributed by atoms with Gasteiger partial charge in [-0.05, 0) is 61.7 Å². The predicted molar refractivity (Wildman–Crippen MR) is 118 cm³/mol. The molecule has 1 saturated heterocycles. The number of aryl methyl sites for hydroxylation is 1. The fourth-order valence-electron chi connectivity index (χ4n) is 3.66. The van der Waals surface area contributed by atoms with Crippen molar-refractivity contribution >= 4 is 27.5 Å². The van der Waals surface area contributed by atoms with E-state index in [4.69, 9.17) is 10.5 Å². The summed E-state index contributed by atoms with van der Waals surface area (Å²) in [5.74, 6) is -0.822. The van der Waals surface area contributed by atoms with Crippen molar-refractivity contribution in [1.29, 1.82) is 0 Å². The van der Waals surface area contributed by atoms with E-state index in [-0.39, 0.29) is 16.2 Å². The van der Waals surface area contributed by atoms with Crippen LogP contribution in [0.4, 0.5) is 5.69 Å². The van der Waals surface area contributed by atoms with E-state index >= 15 is 0 Å². The Kier molecular flexibility index (Phi) is 6.97. The number of nitrogens with one attached hydrogen (secondary N) is 1. The molecule has 166 valence electrons. The molecule has 0 bridgehead atoms. The second-order valence-corrected chi connectivity index (χ2v) is 9.44. The van der Waals surface area contributed by atoms with Crippen LogP contribution >= 0.6 is 0 Å². The van der Waals surface area contributed by atoms with Crippen molar-refractivity contribution in [3.8, 4) is 5.75 Å². The van der Waals surface area contributed by atoms with Crippen LogP contribution < -0.4 is 15.8 Å². The highest BCUT2D eigenvalue weighted by molar-refractivity contribution is 7.89. The number of amides is 2. The monoisotopic (exact) mass is 445 g/mol. The summed E-state index contributed by atoms with van der Waals surface area (Å²) in [6.45, 7) is 2.62. The fraction of sp³-hybridized carbons (Fsp3) is 0.364. The standard InChI is InChI=1S/C22H27N3O5S/c1-15-13-17(8-9-18(15)21(23)26)24-22(27)16-7-10-19(30-2)20(14-16)31(28,29)25-11-5-3-4-6-12-25/h7-10,13-14H,3-6,11-12H2,1-2H3,(H2,23,26)(H,24,27). The largest absolute Gasteiger partial charge is 0.495 e. The Bertz CT molecular complexity index is 1090. The van der Waals surface area contributed by atoms with Gasteiger partial charge in [-0.2, -0.15) is 4.31 Å². The maximum atomic E-state index is 13.3. The van der Waals surface area contributed by atoms with Gasteiger partial charge in [-0.15, -0.1) is 0 Å². The van der Waals surface area contributed by atoms with Gasteiger partial charge in [0.1, 0.15) is 10.6 Å². The first kappa shape index (κ1) is 22.8. The first-order chi connectivity index (χ1) is 14.7. The summed E-state index contributed by atoms with van der Waals surface area (Å²) in [5.41, 5.74) is 6.97. The van der Waals surface area contributed by atoms with Crippen molar-refractivity contribution in [1.82, 2.24) is 4.31 Å². The molecule has 0 aromatic heterocycles. The molecule has 1 aliphatic heterocycles. The van der Waals surface area contributed by atoms with Gasteiger partial charge in [-0.25, -0.2) is 8.42 Å². The highest BCUT2D eigenvalue weighted by atomic mass is 32.2. The summed E-state index contributed by atoms with van der Waals surface area (Å²) in [6.07, 6.45) is 3.61. The van der Waals surface area contributed by atoms with Crippen LogP contribution in [0.3, 0.4) is 0 Å². The van der Waals surface area contributed by atoms with Gasteiger partial charge in [0.25, 0.3) is 5.91 Å². The predicted octanol–water partition coefficient (Wildman–Crippen LogP) is 2.92. The molecule has 2 aromatic rings. The molecular weight excluding hydrogens is 418 g/mol. The molecule has 3 rings (SSSR count). The molecule has 1 aliphatic rings. The number of primary amides is 1. The number of carbonyl (C=O) groups excluding carboxylic acids is 2. The lowest BCUT2D eigenvalue weighted by molar-refractivity contribution is 0.0997. The van der Waals surface area contributed by atoms with Gasteiger partial charge >= 0.3 is 0 Å². The van der Waals surface area contributed by atoms with Crippen LogP contribution in [0.25, 0.3) is 0 Å². The van der Waals surface area contributed by atoms with Crippen LogP contribution in [0.2, 0.25) is 0 Å². The van der Waals surface area contributed by atoms with Gasteiger partial charge in [0.05, 0.1) is 7.11 Å². The van der Waals surface area contributed by atoms with Crippen LogP contribution in [0.1, 0.15) is 52.0 Å². The minimum atomic E-state index is -3.80. The molecule has 3 N–H and O–H groups in total. The molecule has 2 aromatic carbocycles. The second-order valence-electron chi connectivity index (χ2n) is 7.53. The third-order valence-electron chi connectivity index (χ3n) is 5.36. The number of carbonyl (C=O) groups is 2. The third-order valence-corrected chi connectivity index (χ3v) is 7.28. The number of hydrogen-bond donors (Lipinski definition) is 2. The number of rotatable bonds is 6. The zero-order valence-corrected chi connectivity index (χ0v) is 18.5. The van der Waals surface area contributed by atoms with Crippen molar-refractivity contribution in [2.24, 2.45) is 5.73 Å². The maximum Gasteiger partial charge on any atom is 0.255 e. The number of hydrogen-bond acceptors (Lipinski definition) is 5. The van der Waals surface area contributed by atoms with Crippen molar-refractivity contribution in [2.45, 2.75) is 37.5 Å². The minimum Gasteiger partial charge on any atom is -0.495 e. The normalized spacial score (nSPS) is 15.2. The van der Waals surface area contributed by atoms with E-state index in [0.29, 0.717) is 29.9 Å². The van der Waals surface area contributed by atoms with Crippen molar-refractivity contribution in [2.75, 3.05) is 25.5 Å². The van der Waals surface area contributed by atoms with E-state index < -0.39 is 21.8 Å². The first-order valence-corrected chi connectivity index (χ1v) is 11.6. The van der Waals surface area contributed by atoms with Crippen LogP contribution in [0, 0.1) is 6.92 Å². The Morgan fingerprint density at radius 3 is 2.29 bits per heavy atom. The molecule has 9 heteroatoms. The fourth-order valence-corrected chi connectivity index (χ4v) is 5.36. The zero-order valence-electron chi connectivity index (χ0n) is 17.7. The highest BCUT2D eigenvalue weighted by Crippen LogP contribution is 2.30. The zero-order chi connectivity index (χ0) is 22.6. The topological polar surface area (TPSA) is 119 Å². The minimum absolute atomic E-state index is 0.0233. The second kappa shape index (κ2) is 9.49. The third kappa shape index (κ3) is 5.05. The summed E-state index contributed by atoms with van der Waals surface area (Å²) in [6, 6.07) is 9.09. The number of sulfonamides is 1. The molecule has 2 amide bonds.